The van der Waals surface area contributed by atoms with Crippen LogP contribution in [0.5, 0.6) is 11.5 Å². The predicted molar refractivity (Wildman–Crippen MR) is 130 cm³/mol. The molecule has 3 aliphatic heterocycles. The molecule has 3 aliphatic rings. The molecule has 1 aromatic heterocycles. The van der Waals surface area contributed by atoms with Crippen molar-refractivity contribution < 1.29 is 19.1 Å². The van der Waals surface area contributed by atoms with Crippen LogP contribution in [0.3, 0.4) is 0 Å². The number of aromatic nitrogens is 1. The first-order valence-corrected chi connectivity index (χ1v) is 11.8. The van der Waals surface area contributed by atoms with Gasteiger partial charge in [0.2, 0.25) is 0 Å². The van der Waals surface area contributed by atoms with E-state index in [1.807, 2.05) is 36.5 Å². The van der Waals surface area contributed by atoms with Crippen LogP contribution in [0, 0.1) is 11.8 Å². The van der Waals surface area contributed by atoms with Crippen molar-refractivity contribution in [2.24, 2.45) is 11.8 Å². The maximum absolute atomic E-state index is 11.9. The van der Waals surface area contributed by atoms with E-state index in [0.29, 0.717) is 11.8 Å². The van der Waals surface area contributed by atoms with Gasteiger partial charge in [-0.3, -0.25) is 4.98 Å². The summed E-state index contributed by atoms with van der Waals surface area (Å²) in [5, 5.41) is 12.9. The summed E-state index contributed by atoms with van der Waals surface area (Å²) in [6.07, 6.45) is 5.56. The Kier molecular flexibility index (Phi) is 5.85. The Morgan fingerprint density at radius 3 is 2.64 bits per heavy atom. The van der Waals surface area contributed by atoms with Crippen LogP contribution in [0.1, 0.15) is 30.1 Å². The van der Waals surface area contributed by atoms with Crippen LogP contribution in [-0.4, -0.2) is 47.9 Å². The lowest BCUT2D eigenvalue weighted by Crippen LogP contribution is -2.67. The molecule has 2 aromatic carbocycles. The minimum Gasteiger partial charge on any atom is -0.497 e. The molecule has 6 rings (SSSR count). The van der Waals surface area contributed by atoms with Crippen molar-refractivity contribution in [2.75, 3.05) is 27.3 Å². The highest BCUT2D eigenvalue weighted by atomic mass is 16.5. The second kappa shape index (κ2) is 8.81. The monoisotopic (exact) mass is 445 g/mol. The van der Waals surface area contributed by atoms with E-state index < -0.39 is 6.10 Å². The molecule has 33 heavy (non-hydrogen) atoms. The zero-order valence-electron chi connectivity index (χ0n) is 19.5. The van der Waals surface area contributed by atoms with Crippen LogP contribution in [0.2, 0.25) is 0 Å². The summed E-state index contributed by atoms with van der Waals surface area (Å²) in [4.78, 5) is 4.51. The summed E-state index contributed by atoms with van der Waals surface area (Å²) in [6, 6.07) is 16.3. The molecule has 4 heterocycles. The number of quaternary nitrogens is 1. The lowest BCUT2D eigenvalue weighted by molar-refractivity contribution is -0.984. The minimum atomic E-state index is -0.557. The Hall–Kier alpha value is -2.89. The van der Waals surface area contributed by atoms with Crippen LogP contribution >= 0.6 is 0 Å². The minimum absolute atomic E-state index is 0.114. The fraction of sp³-hybridized carbons (Fsp3) is 0.393. The first kappa shape index (κ1) is 21.9. The molecule has 0 radical (unpaired) electrons. The van der Waals surface area contributed by atoms with Crippen LogP contribution < -0.4 is 9.47 Å². The lowest BCUT2D eigenvalue weighted by atomic mass is 9.71. The number of aliphatic hydroxyl groups is 1. The van der Waals surface area contributed by atoms with E-state index in [1.54, 1.807) is 14.2 Å². The molecule has 0 aliphatic carbocycles. The summed E-state index contributed by atoms with van der Waals surface area (Å²) < 4.78 is 11.9. The largest absolute Gasteiger partial charge is 0.497 e. The third-order valence-corrected chi connectivity index (χ3v) is 7.95. The Bertz CT molecular complexity index is 1140. The molecule has 5 heteroatoms. The Morgan fingerprint density at radius 2 is 1.91 bits per heavy atom. The van der Waals surface area contributed by atoms with Crippen LogP contribution in [0.15, 0.2) is 67.4 Å². The van der Waals surface area contributed by atoms with Crippen LogP contribution in [-0.2, 0) is 6.54 Å². The topological polar surface area (TPSA) is 51.6 Å². The molecule has 0 amide bonds. The van der Waals surface area contributed by atoms with Crippen molar-refractivity contribution in [1.29, 1.82) is 0 Å². The van der Waals surface area contributed by atoms with E-state index >= 15 is 0 Å². The number of hydrogen-bond acceptors (Lipinski definition) is 4. The van der Waals surface area contributed by atoms with Gasteiger partial charge in [-0.2, -0.15) is 0 Å². The van der Waals surface area contributed by atoms with Gasteiger partial charge in [0.1, 0.15) is 30.2 Å². The van der Waals surface area contributed by atoms with E-state index in [-0.39, 0.29) is 6.04 Å². The van der Waals surface area contributed by atoms with Gasteiger partial charge in [-0.25, -0.2) is 0 Å². The van der Waals surface area contributed by atoms with Crippen molar-refractivity contribution >= 4 is 10.9 Å². The average Bonchev–Trinajstić information content (AvgIpc) is 2.87. The molecule has 0 saturated carbocycles. The Balaban J connectivity index is 1.56. The smallest absolute Gasteiger partial charge is 0.131 e. The quantitative estimate of drug-likeness (QED) is 0.415. The van der Waals surface area contributed by atoms with E-state index in [0.717, 1.165) is 64.9 Å². The van der Waals surface area contributed by atoms with Gasteiger partial charge in [0.25, 0.3) is 0 Å². The zero-order chi connectivity index (χ0) is 23.0. The molecule has 3 fully saturated rings. The van der Waals surface area contributed by atoms with Gasteiger partial charge in [-0.05, 0) is 35.7 Å². The molecule has 5 atom stereocenters. The number of rotatable bonds is 7. The highest BCUT2D eigenvalue weighted by molar-refractivity contribution is 5.82. The van der Waals surface area contributed by atoms with Gasteiger partial charge in [0.15, 0.2) is 0 Å². The van der Waals surface area contributed by atoms with Gasteiger partial charge >= 0.3 is 0 Å². The first-order chi connectivity index (χ1) is 16.1. The fourth-order valence-corrected chi connectivity index (χ4v) is 6.29. The normalized spacial score (nSPS) is 27.3. The standard InChI is InChI=1S/C28H33N2O3/c1-4-20-18-30(17-19-13-22(32-2)16-23(14-19)33-3)12-10-21(20)15-27(30)28(31)25-9-11-29-26-8-6-5-7-24(25)26/h4-9,11,13-14,16,20-21,27-28,31H,1,10,12,15,17-18H2,2-3H3/q+1/t20-,21-,27+,28-,30?/m0/s1. The summed E-state index contributed by atoms with van der Waals surface area (Å²) in [6.45, 7) is 7.03. The van der Waals surface area contributed by atoms with Crippen molar-refractivity contribution in [2.45, 2.75) is 31.5 Å². The first-order valence-electron chi connectivity index (χ1n) is 11.8. The number of aliphatic hydroxyl groups excluding tert-OH is 1. The summed E-state index contributed by atoms with van der Waals surface area (Å²) in [5.41, 5.74) is 3.08. The molecule has 172 valence electrons. The van der Waals surface area contributed by atoms with Crippen molar-refractivity contribution in [3.8, 4) is 11.5 Å². The molecule has 1 N–H and O–H groups in total. The average molecular weight is 446 g/mol. The second-order valence-corrected chi connectivity index (χ2v) is 9.62. The summed E-state index contributed by atoms with van der Waals surface area (Å²) in [7, 11) is 3.37. The molecule has 1 unspecified atom stereocenters. The summed E-state index contributed by atoms with van der Waals surface area (Å²) >= 11 is 0. The maximum atomic E-state index is 11.9. The molecule has 5 nitrogen and oxygen atoms in total. The van der Waals surface area contributed by atoms with Gasteiger partial charge in [0, 0.05) is 42.0 Å². The number of hydrogen-bond donors (Lipinski definition) is 1. The number of ether oxygens (including phenoxy) is 2. The van der Waals surface area contributed by atoms with E-state index in [2.05, 4.69) is 35.8 Å². The number of para-hydroxylation sites is 1. The SMILES string of the molecule is C=C[C@H]1C[N+]2(Cc3cc(OC)cc(OC)c3)CC[C@H]1C[C@@H]2[C@@H](O)c1ccnc2ccccc12. The van der Waals surface area contributed by atoms with E-state index in [4.69, 9.17) is 9.47 Å². The molecular weight excluding hydrogens is 412 g/mol. The van der Waals surface area contributed by atoms with Crippen molar-refractivity contribution in [1.82, 2.24) is 4.98 Å². The number of nitrogens with zero attached hydrogens (tertiary/aromatic N) is 2. The van der Waals surface area contributed by atoms with Gasteiger partial charge < -0.3 is 19.1 Å². The molecule has 3 saturated heterocycles. The Morgan fingerprint density at radius 1 is 1.15 bits per heavy atom. The highest BCUT2D eigenvalue weighted by Gasteiger charge is 2.54. The van der Waals surface area contributed by atoms with Gasteiger partial charge in [-0.15, -0.1) is 6.58 Å². The second-order valence-electron chi connectivity index (χ2n) is 9.62. The molecule has 2 bridgehead atoms. The number of pyridine rings is 1. The Labute approximate surface area is 195 Å². The molecular formula is C28H33N2O3+. The number of fused-ring (bicyclic) bond motifs is 4. The maximum Gasteiger partial charge on any atom is 0.131 e. The highest BCUT2D eigenvalue weighted by Crippen LogP contribution is 2.48. The van der Waals surface area contributed by atoms with Crippen molar-refractivity contribution in [3.05, 3.63) is 78.5 Å². The fourth-order valence-electron chi connectivity index (χ4n) is 6.29. The van der Waals surface area contributed by atoms with Crippen molar-refractivity contribution in [3.63, 3.8) is 0 Å². The van der Waals surface area contributed by atoms with Gasteiger partial charge in [-0.1, -0.05) is 24.3 Å². The van der Waals surface area contributed by atoms with E-state index in [1.165, 1.54) is 5.56 Å². The van der Waals surface area contributed by atoms with E-state index in [9.17, 15) is 5.11 Å². The molecule has 3 aromatic rings. The number of piperidine rings is 3. The predicted octanol–water partition coefficient (Wildman–Crippen LogP) is 4.90. The lowest BCUT2D eigenvalue weighted by Gasteiger charge is -2.58. The third kappa shape index (κ3) is 3.90. The summed E-state index contributed by atoms with van der Waals surface area (Å²) in [5.74, 6) is 2.65. The van der Waals surface area contributed by atoms with Gasteiger partial charge in [0.05, 0.1) is 32.8 Å². The number of benzene rings is 2. The zero-order valence-corrected chi connectivity index (χ0v) is 19.5. The van der Waals surface area contributed by atoms with Crippen LogP contribution in [0.4, 0.5) is 0 Å². The number of methoxy groups -OCH3 is 2. The third-order valence-electron chi connectivity index (χ3n) is 7.95. The van der Waals surface area contributed by atoms with Crippen LogP contribution in [0.25, 0.3) is 10.9 Å². The molecule has 0 spiro atoms.